The number of hydrogen-bond donors (Lipinski definition) is 0. The van der Waals surface area contributed by atoms with Crippen LogP contribution in [0.5, 0.6) is 0 Å². The van der Waals surface area contributed by atoms with Crippen LogP contribution in [0.15, 0.2) is 36.5 Å². The number of pyridine rings is 1. The van der Waals surface area contributed by atoms with E-state index in [4.69, 9.17) is 22.2 Å². The Hall–Kier alpha value is -1.03. The van der Waals surface area contributed by atoms with E-state index in [0.717, 1.165) is 11.4 Å². The second-order valence-electron chi connectivity index (χ2n) is 4.90. The Kier molecular flexibility index (Phi) is 5.08. The van der Waals surface area contributed by atoms with Crippen molar-refractivity contribution in [1.82, 2.24) is 4.98 Å². The molecule has 0 fully saturated rings. The predicted octanol–water partition coefficient (Wildman–Crippen LogP) is 4.48. The van der Waals surface area contributed by atoms with Crippen LogP contribution in [-0.2, 0) is 6.54 Å². The first-order valence-electron chi connectivity index (χ1n) is 6.42. The van der Waals surface area contributed by atoms with Crippen LogP contribution >= 0.6 is 22.2 Å². The zero-order chi connectivity index (χ0) is 14.7. The molecule has 20 heavy (non-hydrogen) atoms. The highest BCUT2D eigenvalue weighted by molar-refractivity contribution is 7.35. The molecule has 2 aromatic rings. The number of rotatable bonds is 4. The van der Waals surface area contributed by atoms with Gasteiger partial charge in [-0.1, -0.05) is 23.8 Å². The van der Waals surface area contributed by atoms with Gasteiger partial charge in [-0.25, -0.2) is 0 Å². The highest BCUT2D eigenvalue weighted by atomic mass is 35.7. The third-order valence-electron chi connectivity index (χ3n) is 3.16. The zero-order valence-corrected chi connectivity index (χ0v) is 14.3. The molecule has 0 amide bonds. The fourth-order valence-electron chi connectivity index (χ4n) is 2.48. The van der Waals surface area contributed by atoms with Crippen molar-refractivity contribution in [2.75, 3.05) is 4.57 Å². The van der Waals surface area contributed by atoms with Gasteiger partial charge in [0.1, 0.15) is 0 Å². The van der Waals surface area contributed by atoms with Crippen molar-refractivity contribution < 1.29 is 0 Å². The van der Waals surface area contributed by atoms with Gasteiger partial charge in [-0.05, 0) is 44.0 Å². The molecule has 1 aromatic carbocycles. The lowest BCUT2D eigenvalue weighted by atomic mass is 10.1. The molecule has 0 unspecified atom stereocenters. The number of aromatic nitrogens is 1. The zero-order valence-electron chi connectivity index (χ0n) is 11.8. The Morgan fingerprint density at radius 1 is 1.10 bits per heavy atom. The van der Waals surface area contributed by atoms with Gasteiger partial charge in [-0.3, -0.25) is 4.98 Å². The molecule has 2 rings (SSSR count). The molecule has 0 aliphatic rings. The molecule has 0 spiro atoms. The quantitative estimate of drug-likeness (QED) is 0.609. The molecule has 0 saturated heterocycles. The minimum atomic E-state index is -1.64. The summed E-state index contributed by atoms with van der Waals surface area (Å²) in [7, 11) is -1.64. The number of anilines is 1. The number of nitrogens with zero attached hydrogens (tertiary/aromatic N) is 2. The van der Waals surface area contributed by atoms with Crippen LogP contribution in [0.25, 0.3) is 0 Å². The van der Waals surface area contributed by atoms with Crippen LogP contribution in [0, 0.1) is 20.8 Å². The first-order valence-corrected chi connectivity index (χ1v) is 9.89. The second kappa shape index (κ2) is 6.61. The highest BCUT2D eigenvalue weighted by Crippen LogP contribution is 2.30. The molecule has 5 heteroatoms. The van der Waals surface area contributed by atoms with E-state index in [1.165, 1.54) is 16.7 Å². The Balaban J connectivity index is 2.39. The maximum atomic E-state index is 6.28. The van der Waals surface area contributed by atoms with Gasteiger partial charge in [-0.2, -0.15) is 0 Å². The maximum absolute atomic E-state index is 6.28. The highest BCUT2D eigenvalue weighted by Gasteiger charge is 2.22. The second-order valence-corrected chi connectivity index (χ2v) is 8.64. The van der Waals surface area contributed by atoms with Gasteiger partial charge in [0.05, 0.1) is 12.2 Å². The van der Waals surface area contributed by atoms with E-state index in [1.54, 1.807) is 6.20 Å². The molecular weight excluding hydrogens is 307 g/mol. The van der Waals surface area contributed by atoms with Crippen molar-refractivity contribution in [2.24, 2.45) is 0 Å². The molecule has 1 aromatic heterocycles. The summed E-state index contributed by atoms with van der Waals surface area (Å²) in [6.07, 6.45) is 1.79. The van der Waals surface area contributed by atoms with Crippen LogP contribution in [0.1, 0.15) is 22.4 Å². The largest absolute Gasteiger partial charge is 0.395 e. The molecular formula is C15H17Cl2N2Si. The first kappa shape index (κ1) is 15.4. The van der Waals surface area contributed by atoms with Gasteiger partial charge in [0.2, 0.25) is 0 Å². The molecule has 0 aliphatic heterocycles. The molecule has 105 valence electrons. The normalized spacial score (nSPS) is 10.9. The summed E-state index contributed by atoms with van der Waals surface area (Å²) >= 11 is 12.6. The lowest BCUT2D eigenvalue weighted by Gasteiger charge is -2.28. The average Bonchev–Trinajstić information content (AvgIpc) is 2.37. The summed E-state index contributed by atoms with van der Waals surface area (Å²) in [5, 5.41) is 0. The van der Waals surface area contributed by atoms with Gasteiger partial charge < -0.3 is 4.57 Å². The van der Waals surface area contributed by atoms with Crippen LogP contribution in [0.4, 0.5) is 5.69 Å². The van der Waals surface area contributed by atoms with Crippen molar-refractivity contribution in [3.8, 4) is 0 Å². The van der Waals surface area contributed by atoms with E-state index in [1.807, 2.05) is 18.2 Å². The van der Waals surface area contributed by atoms with Gasteiger partial charge >= 0.3 is 7.58 Å². The first-order chi connectivity index (χ1) is 9.49. The van der Waals surface area contributed by atoms with Crippen LogP contribution in [0.2, 0.25) is 0 Å². The topological polar surface area (TPSA) is 16.1 Å². The number of halogens is 2. The summed E-state index contributed by atoms with van der Waals surface area (Å²) in [5.74, 6) is 0. The summed E-state index contributed by atoms with van der Waals surface area (Å²) in [6, 6.07) is 10.2. The number of aryl methyl sites for hydroxylation is 3. The van der Waals surface area contributed by atoms with Gasteiger partial charge in [-0.15, -0.1) is 22.2 Å². The molecule has 1 heterocycles. The molecule has 2 nitrogen and oxygen atoms in total. The Bertz CT molecular complexity index is 565. The van der Waals surface area contributed by atoms with E-state index in [2.05, 4.69) is 42.5 Å². The average molecular weight is 324 g/mol. The van der Waals surface area contributed by atoms with Crippen LogP contribution in [-0.4, -0.2) is 12.6 Å². The summed E-state index contributed by atoms with van der Waals surface area (Å²) in [6.45, 7) is 6.92. The van der Waals surface area contributed by atoms with Crippen molar-refractivity contribution in [3.63, 3.8) is 0 Å². The molecule has 1 radical (unpaired) electrons. The third-order valence-corrected chi connectivity index (χ3v) is 5.17. The molecule has 0 atom stereocenters. The minimum Gasteiger partial charge on any atom is -0.367 e. The standard InChI is InChI=1S/C15H17Cl2N2Si/c1-11-8-12(2)15(13(3)9-11)19(20(16)17)10-14-6-4-5-7-18-14/h4-9H,10H2,1-3H3. The Morgan fingerprint density at radius 3 is 2.25 bits per heavy atom. The minimum absolute atomic E-state index is 0.632. The summed E-state index contributed by atoms with van der Waals surface area (Å²) in [4.78, 5) is 4.36. The molecule has 0 saturated carbocycles. The van der Waals surface area contributed by atoms with E-state index in [-0.39, 0.29) is 0 Å². The maximum Gasteiger partial charge on any atom is 0.395 e. The third kappa shape index (κ3) is 3.54. The predicted molar refractivity (Wildman–Crippen MR) is 88.5 cm³/mol. The lowest BCUT2D eigenvalue weighted by Crippen LogP contribution is -2.32. The van der Waals surface area contributed by atoms with Crippen LogP contribution < -0.4 is 4.57 Å². The molecule has 0 bridgehead atoms. The fraction of sp³-hybridized carbons (Fsp3) is 0.267. The van der Waals surface area contributed by atoms with E-state index < -0.39 is 7.58 Å². The lowest BCUT2D eigenvalue weighted by molar-refractivity contribution is 0.961. The molecule has 0 aliphatic carbocycles. The Morgan fingerprint density at radius 2 is 1.75 bits per heavy atom. The van der Waals surface area contributed by atoms with Crippen molar-refractivity contribution in [3.05, 3.63) is 58.9 Å². The number of hydrogen-bond acceptors (Lipinski definition) is 2. The summed E-state index contributed by atoms with van der Waals surface area (Å²) in [5.41, 5.74) is 5.74. The van der Waals surface area contributed by atoms with E-state index >= 15 is 0 Å². The van der Waals surface area contributed by atoms with Crippen molar-refractivity contribution >= 4 is 35.4 Å². The van der Waals surface area contributed by atoms with Gasteiger partial charge in [0.25, 0.3) is 0 Å². The van der Waals surface area contributed by atoms with Crippen molar-refractivity contribution in [1.29, 1.82) is 0 Å². The SMILES string of the molecule is Cc1cc(C)c(N(Cc2ccccn2)[Si](Cl)Cl)c(C)c1. The van der Waals surface area contributed by atoms with Crippen LogP contribution in [0.3, 0.4) is 0 Å². The van der Waals surface area contributed by atoms with Crippen molar-refractivity contribution in [2.45, 2.75) is 27.3 Å². The Labute approximate surface area is 131 Å². The fourth-order valence-corrected chi connectivity index (χ4v) is 4.14. The van der Waals surface area contributed by atoms with E-state index in [0.29, 0.717) is 6.54 Å². The smallest absolute Gasteiger partial charge is 0.367 e. The van der Waals surface area contributed by atoms with E-state index in [9.17, 15) is 0 Å². The monoisotopic (exact) mass is 323 g/mol. The molecule has 0 N–H and O–H groups in total. The van der Waals surface area contributed by atoms with Gasteiger partial charge in [0.15, 0.2) is 0 Å². The number of benzene rings is 1. The summed E-state index contributed by atoms with van der Waals surface area (Å²) < 4.78 is 2.07. The van der Waals surface area contributed by atoms with Gasteiger partial charge in [0, 0.05) is 11.9 Å².